The van der Waals surface area contributed by atoms with Crippen molar-refractivity contribution in [1.29, 1.82) is 0 Å². The molecule has 2 heterocycles. The van der Waals surface area contributed by atoms with Gasteiger partial charge in [-0.2, -0.15) is 13.2 Å². The second-order valence-corrected chi connectivity index (χ2v) is 5.38. The van der Waals surface area contributed by atoms with Gasteiger partial charge >= 0.3 is 6.18 Å². The summed E-state index contributed by atoms with van der Waals surface area (Å²) in [6.45, 7) is 0. The number of hydrogen-bond donors (Lipinski definition) is 0. The van der Waals surface area contributed by atoms with E-state index in [0.717, 1.165) is 23.2 Å². The summed E-state index contributed by atoms with van der Waals surface area (Å²) in [5.41, 5.74) is 2.30. The molecule has 0 aliphatic carbocycles. The Labute approximate surface area is 129 Å². The van der Waals surface area contributed by atoms with Crippen molar-refractivity contribution in [3.8, 4) is 0 Å². The zero-order valence-electron chi connectivity index (χ0n) is 11.8. The molecule has 1 aliphatic heterocycles. The SMILES string of the molecule is FC(F)(F)c1ccc([C@H]2O[C@@H]2c2cnc3ccccc3n2)cc1. The van der Waals surface area contributed by atoms with Crippen molar-refractivity contribution in [1.82, 2.24) is 9.97 Å². The average Bonchev–Trinajstić information content (AvgIpc) is 3.34. The van der Waals surface area contributed by atoms with Crippen LogP contribution in [0.3, 0.4) is 0 Å². The molecular weight excluding hydrogens is 305 g/mol. The molecule has 116 valence electrons. The Balaban J connectivity index is 1.57. The van der Waals surface area contributed by atoms with Gasteiger partial charge in [0.25, 0.3) is 0 Å². The lowest BCUT2D eigenvalue weighted by Crippen LogP contribution is -2.04. The molecular formula is C17H11F3N2O. The van der Waals surface area contributed by atoms with E-state index in [-0.39, 0.29) is 12.2 Å². The second-order valence-electron chi connectivity index (χ2n) is 5.38. The first-order valence-corrected chi connectivity index (χ1v) is 7.07. The molecule has 3 nitrogen and oxygen atoms in total. The van der Waals surface area contributed by atoms with E-state index in [0.29, 0.717) is 11.3 Å². The maximum absolute atomic E-state index is 12.6. The third kappa shape index (κ3) is 2.66. The van der Waals surface area contributed by atoms with Gasteiger partial charge < -0.3 is 4.74 Å². The number of fused-ring (bicyclic) bond motifs is 1. The van der Waals surface area contributed by atoms with E-state index in [1.54, 1.807) is 6.20 Å². The lowest BCUT2D eigenvalue weighted by atomic mass is 10.1. The van der Waals surface area contributed by atoms with Gasteiger partial charge in [0.2, 0.25) is 0 Å². The molecule has 3 aromatic rings. The first-order valence-electron chi connectivity index (χ1n) is 7.07. The molecule has 1 aliphatic rings. The number of benzene rings is 2. The van der Waals surface area contributed by atoms with Crippen LogP contribution in [0.2, 0.25) is 0 Å². The summed E-state index contributed by atoms with van der Waals surface area (Å²) in [7, 11) is 0. The predicted octanol–water partition coefficient (Wildman–Crippen LogP) is 4.46. The monoisotopic (exact) mass is 316 g/mol. The van der Waals surface area contributed by atoms with Crippen molar-refractivity contribution < 1.29 is 17.9 Å². The summed E-state index contributed by atoms with van der Waals surface area (Å²) < 4.78 is 43.3. The lowest BCUT2D eigenvalue weighted by molar-refractivity contribution is -0.137. The summed E-state index contributed by atoms with van der Waals surface area (Å²) >= 11 is 0. The van der Waals surface area contributed by atoms with E-state index in [1.807, 2.05) is 24.3 Å². The number of hydrogen-bond acceptors (Lipinski definition) is 3. The molecule has 0 bridgehead atoms. The largest absolute Gasteiger partial charge is 0.416 e. The topological polar surface area (TPSA) is 38.3 Å². The Morgan fingerprint density at radius 1 is 0.870 bits per heavy atom. The molecule has 0 saturated carbocycles. The van der Waals surface area contributed by atoms with Gasteiger partial charge in [0.1, 0.15) is 12.2 Å². The summed E-state index contributed by atoms with van der Waals surface area (Å²) in [6, 6.07) is 12.5. The van der Waals surface area contributed by atoms with E-state index in [2.05, 4.69) is 9.97 Å². The van der Waals surface area contributed by atoms with E-state index in [9.17, 15) is 13.2 Å². The molecule has 1 fully saturated rings. The fourth-order valence-corrected chi connectivity index (χ4v) is 2.56. The highest BCUT2D eigenvalue weighted by atomic mass is 19.4. The highest BCUT2D eigenvalue weighted by molar-refractivity contribution is 5.73. The van der Waals surface area contributed by atoms with Gasteiger partial charge in [-0.3, -0.25) is 4.98 Å². The Kier molecular flexibility index (Phi) is 3.09. The van der Waals surface area contributed by atoms with E-state index in [1.165, 1.54) is 12.1 Å². The van der Waals surface area contributed by atoms with Crippen LogP contribution in [0.1, 0.15) is 29.0 Å². The third-order valence-corrected chi connectivity index (χ3v) is 3.82. The van der Waals surface area contributed by atoms with Crippen molar-refractivity contribution in [2.45, 2.75) is 18.4 Å². The molecule has 4 rings (SSSR count). The van der Waals surface area contributed by atoms with Crippen LogP contribution in [0.25, 0.3) is 11.0 Å². The van der Waals surface area contributed by atoms with Crippen LogP contribution in [-0.4, -0.2) is 9.97 Å². The van der Waals surface area contributed by atoms with Crippen molar-refractivity contribution in [2.75, 3.05) is 0 Å². The number of epoxide rings is 1. The predicted molar refractivity (Wildman–Crippen MR) is 77.5 cm³/mol. The van der Waals surface area contributed by atoms with Gasteiger partial charge in [0, 0.05) is 0 Å². The van der Waals surface area contributed by atoms with Crippen LogP contribution in [0, 0.1) is 0 Å². The van der Waals surface area contributed by atoms with Crippen LogP contribution in [0.5, 0.6) is 0 Å². The molecule has 0 N–H and O–H groups in total. The highest BCUT2D eigenvalue weighted by Crippen LogP contribution is 2.50. The van der Waals surface area contributed by atoms with Crippen molar-refractivity contribution in [2.24, 2.45) is 0 Å². The van der Waals surface area contributed by atoms with Gasteiger partial charge in [0.15, 0.2) is 0 Å². The van der Waals surface area contributed by atoms with Crippen LogP contribution >= 0.6 is 0 Å². The van der Waals surface area contributed by atoms with Crippen molar-refractivity contribution in [3.05, 3.63) is 71.5 Å². The normalized spacial score (nSPS) is 20.7. The third-order valence-electron chi connectivity index (χ3n) is 3.82. The van der Waals surface area contributed by atoms with Gasteiger partial charge in [-0.1, -0.05) is 24.3 Å². The standard InChI is InChI=1S/C17H11F3N2O/c18-17(19,20)11-7-5-10(6-8-11)15-16(23-15)14-9-21-12-3-1-2-4-13(12)22-14/h1-9,15-16H/t15-,16-/m1/s1. The number of rotatable bonds is 2. The minimum absolute atomic E-state index is 0.260. The van der Waals surface area contributed by atoms with Crippen molar-refractivity contribution in [3.63, 3.8) is 0 Å². The lowest BCUT2D eigenvalue weighted by Gasteiger charge is -2.06. The van der Waals surface area contributed by atoms with Gasteiger partial charge in [-0.25, -0.2) is 4.98 Å². The molecule has 2 aromatic carbocycles. The van der Waals surface area contributed by atoms with Gasteiger partial charge in [0.05, 0.1) is 28.5 Å². The fraction of sp³-hybridized carbons (Fsp3) is 0.176. The Morgan fingerprint density at radius 2 is 1.57 bits per heavy atom. The van der Waals surface area contributed by atoms with E-state index >= 15 is 0 Å². The molecule has 23 heavy (non-hydrogen) atoms. The highest BCUT2D eigenvalue weighted by Gasteiger charge is 2.43. The minimum Gasteiger partial charge on any atom is -0.358 e. The summed E-state index contributed by atoms with van der Waals surface area (Å²) in [6.07, 6.45) is -3.21. The molecule has 0 unspecified atom stereocenters. The van der Waals surface area contributed by atoms with Gasteiger partial charge in [-0.15, -0.1) is 0 Å². The molecule has 1 saturated heterocycles. The molecule has 0 radical (unpaired) electrons. The van der Waals surface area contributed by atoms with Crippen molar-refractivity contribution >= 4 is 11.0 Å². The molecule has 0 spiro atoms. The zero-order chi connectivity index (χ0) is 16.0. The fourth-order valence-electron chi connectivity index (χ4n) is 2.56. The molecule has 2 atom stereocenters. The van der Waals surface area contributed by atoms with Crippen LogP contribution in [0.15, 0.2) is 54.7 Å². The second kappa shape index (κ2) is 5.03. The maximum atomic E-state index is 12.6. The first-order chi connectivity index (χ1) is 11.0. The molecule has 0 amide bonds. The molecule has 1 aromatic heterocycles. The van der Waals surface area contributed by atoms with E-state index < -0.39 is 11.7 Å². The number of ether oxygens (including phenoxy) is 1. The van der Waals surface area contributed by atoms with Crippen LogP contribution in [0.4, 0.5) is 13.2 Å². The minimum atomic E-state index is -4.33. The quantitative estimate of drug-likeness (QED) is 0.655. The Morgan fingerprint density at radius 3 is 2.26 bits per heavy atom. The summed E-state index contributed by atoms with van der Waals surface area (Å²) in [5.74, 6) is 0. The molecule has 6 heteroatoms. The summed E-state index contributed by atoms with van der Waals surface area (Å²) in [4.78, 5) is 8.83. The Bertz CT molecular complexity index is 862. The number of nitrogens with zero attached hydrogens (tertiary/aromatic N) is 2. The van der Waals surface area contributed by atoms with Gasteiger partial charge in [-0.05, 0) is 29.8 Å². The average molecular weight is 316 g/mol. The van der Waals surface area contributed by atoms with E-state index in [4.69, 9.17) is 4.74 Å². The zero-order valence-corrected chi connectivity index (χ0v) is 11.8. The number of alkyl halides is 3. The first kappa shape index (κ1) is 14.1. The summed E-state index contributed by atoms with van der Waals surface area (Å²) in [5, 5.41) is 0. The smallest absolute Gasteiger partial charge is 0.358 e. The van der Waals surface area contributed by atoms with Crippen LogP contribution < -0.4 is 0 Å². The number of para-hydroxylation sites is 2. The maximum Gasteiger partial charge on any atom is 0.416 e. The number of aromatic nitrogens is 2. The number of halogens is 3. The van der Waals surface area contributed by atoms with Crippen LogP contribution in [-0.2, 0) is 10.9 Å². The Hall–Kier alpha value is -2.47.